The Bertz CT molecular complexity index is 852. The van der Waals surface area contributed by atoms with Crippen molar-refractivity contribution in [2.45, 2.75) is 38.2 Å². The van der Waals surface area contributed by atoms with E-state index >= 15 is 0 Å². The minimum absolute atomic E-state index is 0.0307. The third-order valence-corrected chi connectivity index (χ3v) is 6.08. The zero-order valence-electron chi connectivity index (χ0n) is 16.7. The number of hydrogen-bond acceptors (Lipinski definition) is 3. The highest BCUT2D eigenvalue weighted by Crippen LogP contribution is 2.44. The standard InChI is InChI=1S/C23H29ClN2O3/c1-16-6-2-7-17(14-16)21-19(9-3-10-20(21)24)23(29,11-5-13-26-22(27)28)18-8-4-12-25-15-18/h2-3,6-7,9-10,14,18,25-26,29H,4-5,8,11-13,15H2,1H3,(H,27,28)/t18?,23-/m0/s1. The Morgan fingerprint density at radius 3 is 2.79 bits per heavy atom. The lowest BCUT2D eigenvalue weighted by atomic mass is 9.72. The van der Waals surface area contributed by atoms with E-state index in [0.29, 0.717) is 24.4 Å². The van der Waals surface area contributed by atoms with Crippen LogP contribution in [0.25, 0.3) is 11.1 Å². The van der Waals surface area contributed by atoms with E-state index in [1.165, 1.54) is 0 Å². The van der Waals surface area contributed by atoms with E-state index < -0.39 is 11.7 Å². The van der Waals surface area contributed by atoms with E-state index in [0.717, 1.165) is 48.2 Å². The summed E-state index contributed by atoms with van der Waals surface area (Å²) >= 11 is 6.65. The fourth-order valence-corrected chi connectivity index (χ4v) is 4.63. The number of aliphatic hydroxyl groups is 1. The van der Waals surface area contributed by atoms with Gasteiger partial charge in [-0.05, 0) is 56.3 Å². The number of nitrogens with one attached hydrogen (secondary N) is 2. The van der Waals surface area contributed by atoms with Crippen LogP contribution in [0, 0.1) is 12.8 Å². The van der Waals surface area contributed by atoms with E-state index in [1.807, 2.05) is 43.3 Å². The summed E-state index contributed by atoms with van der Waals surface area (Å²) in [7, 11) is 0. The molecular formula is C23H29ClN2O3. The zero-order chi connectivity index (χ0) is 20.9. The van der Waals surface area contributed by atoms with Crippen molar-refractivity contribution in [3.05, 3.63) is 58.6 Å². The Balaban J connectivity index is 2.03. The lowest BCUT2D eigenvalue weighted by molar-refractivity contribution is -0.0415. The molecule has 0 radical (unpaired) electrons. The Morgan fingerprint density at radius 2 is 2.10 bits per heavy atom. The molecule has 2 atom stereocenters. The largest absolute Gasteiger partial charge is 0.465 e. The van der Waals surface area contributed by atoms with Gasteiger partial charge in [0.25, 0.3) is 0 Å². The molecule has 6 heteroatoms. The van der Waals surface area contributed by atoms with Crippen LogP contribution in [0.15, 0.2) is 42.5 Å². The highest BCUT2D eigenvalue weighted by atomic mass is 35.5. The van der Waals surface area contributed by atoms with Crippen LogP contribution in [0.3, 0.4) is 0 Å². The monoisotopic (exact) mass is 416 g/mol. The summed E-state index contributed by atoms with van der Waals surface area (Å²) in [6.07, 6.45) is 1.87. The molecule has 3 rings (SSSR count). The molecular weight excluding hydrogens is 388 g/mol. The van der Waals surface area contributed by atoms with Crippen molar-refractivity contribution in [3.8, 4) is 11.1 Å². The summed E-state index contributed by atoms with van der Waals surface area (Å²) in [5.74, 6) is 0.0307. The molecule has 2 aromatic rings. The molecule has 0 aromatic heterocycles. The van der Waals surface area contributed by atoms with Crippen LogP contribution in [0.5, 0.6) is 0 Å². The van der Waals surface area contributed by atoms with Gasteiger partial charge in [0, 0.05) is 29.6 Å². The predicted octanol–water partition coefficient (Wildman–Crippen LogP) is 4.55. The minimum Gasteiger partial charge on any atom is -0.465 e. The smallest absolute Gasteiger partial charge is 0.404 e. The molecule has 5 nitrogen and oxygen atoms in total. The molecule has 1 aliphatic heterocycles. The van der Waals surface area contributed by atoms with Gasteiger partial charge in [-0.15, -0.1) is 0 Å². The van der Waals surface area contributed by atoms with Gasteiger partial charge in [-0.2, -0.15) is 0 Å². The maximum Gasteiger partial charge on any atom is 0.404 e. The summed E-state index contributed by atoms with van der Waals surface area (Å²) in [6.45, 7) is 4.02. The zero-order valence-corrected chi connectivity index (χ0v) is 17.5. The maximum absolute atomic E-state index is 12.0. The number of benzene rings is 2. The predicted molar refractivity (Wildman–Crippen MR) is 116 cm³/mol. The molecule has 1 saturated heterocycles. The molecule has 0 aliphatic carbocycles. The van der Waals surface area contributed by atoms with Gasteiger partial charge in [-0.25, -0.2) is 4.79 Å². The normalized spacial score (nSPS) is 18.8. The van der Waals surface area contributed by atoms with Crippen molar-refractivity contribution in [2.24, 2.45) is 5.92 Å². The first kappa shape index (κ1) is 21.6. The van der Waals surface area contributed by atoms with Crippen LogP contribution >= 0.6 is 11.6 Å². The Labute approximate surface area is 177 Å². The molecule has 4 N–H and O–H groups in total. The molecule has 1 unspecified atom stereocenters. The number of rotatable bonds is 7. The quantitative estimate of drug-likeness (QED) is 0.499. The van der Waals surface area contributed by atoms with Gasteiger partial charge in [0.1, 0.15) is 0 Å². The van der Waals surface area contributed by atoms with E-state index in [9.17, 15) is 9.90 Å². The summed E-state index contributed by atoms with van der Waals surface area (Å²) in [6, 6.07) is 13.8. The van der Waals surface area contributed by atoms with Crippen LogP contribution in [-0.4, -0.2) is 35.9 Å². The van der Waals surface area contributed by atoms with Crippen LogP contribution in [0.2, 0.25) is 5.02 Å². The van der Waals surface area contributed by atoms with Crippen molar-refractivity contribution >= 4 is 17.7 Å². The molecule has 1 fully saturated rings. The average molecular weight is 417 g/mol. The average Bonchev–Trinajstić information content (AvgIpc) is 2.71. The van der Waals surface area contributed by atoms with Crippen LogP contribution < -0.4 is 10.6 Å². The van der Waals surface area contributed by atoms with Gasteiger partial charge in [0.15, 0.2) is 0 Å². The second-order valence-electron chi connectivity index (χ2n) is 7.83. The number of amides is 1. The fraction of sp³-hybridized carbons (Fsp3) is 0.435. The Morgan fingerprint density at radius 1 is 1.31 bits per heavy atom. The number of piperidine rings is 1. The number of carbonyl (C=O) groups is 1. The molecule has 1 amide bonds. The second-order valence-corrected chi connectivity index (χ2v) is 8.24. The topological polar surface area (TPSA) is 81.6 Å². The van der Waals surface area contributed by atoms with Crippen molar-refractivity contribution in [1.29, 1.82) is 0 Å². The second kappa shape index (κ2) is 9.61. The molecule has 0 saturated carbocycles. The molecule has 0 bridgehead atoms. The van der Waals surface area contributed by atoms with E-state index in [-0.39, 0.29) is 5.92 Å². The van der Waals surface area contributed by atoms with Gasteiger partial charge in [0.2, 0.25) is 0 Å². The SMILES string of the molecule is Cc1cccc(-c2c(Cl)cccc2[C@](O)(CCCNC(=O)O)C2CCCNC2)c1. The van der Waals surface area contributed by atoms with Crippen molar-refractivity contribution in [2.75, 3.05) is 19.6 Å². The van der Waals surface area contributed by atoms with Gasteiger partial charge in [0.05, 0.1) is 5.60 Å². The number of carboxylic acid groups (broad SMARTS) is 1. The van der Waals surface area contributed by atoms with Gasteiger partial charge in [-0.3, -0.25) is 0 Å². The fourth-order valence-electron chi connectivity index (χ4n) is 4.35. The van der Waals surface area contributed by atoms with Crippen molar-refractivity contribution < 1.29 is 15.0 Å². The molecule has 1 aliphatic rings. The first-order valence-corrected chi connectivity index (χ1v) is 10.6. The van der Waals surface area contributed by atoms with Gasteiger partial charge < -0.3 is 20.8 Å². The molecule has 2 aromatic carbocycles. The number of halogens is 1. The summed E-state index contributed by atoms with van der Waals surface area (Å²) in [4.78, 5) is 10.8. The molecule has 0 spiro atoms. The van der Waals surface area contributed by atoms with Gasteiger partial charge >= 0.3 is 6.09 Å². The Kier molecular flexibility index (Phi) is 7.17. The first-order chi connectivity index (χ1) is 13.9. The summed E-state index contributed by atoms with van der Waals surface area (Å²) in [5.41, 5.74) is 2.69. The van der Waals surface area contributed by atoms with Crippen LogP contribution in [-0.2, 0) is 5.60 Å². The highest BCUT2D eigenvalue weighted by molar-refractivity contribution is 6.33. The molecule has 156 valence electrons. The Hall–Kier alpha value is -2.08. The minimum atomic E-state index is -1.10. The van der Waals surface area contributed by atoms with E-state index in [1.54, 1.807) is 0 Å². The third-order valence-electron chi connectivity index (χ3n) is 5.77. The molecule has 1 heterocycles. The van der Waals surface area contributed by atoms with E-state index in [2.05, 4.69) is 16.7 Å². The maximum atomic E-state index is 12.0. The lowest BCUT2D eigenvalue weighted by Crippen LogP contribution is -2.45. The summed E-state index contributed by atoms with van der Waals surface area (Å²) < 4.78 is 0. The van der Waals surface area contributed by atoms with E-state index in [4.69, 9.17) is 16.7 Å². The lowest BCUT2D eigenvalue weighted by Gasteiger charge is -2.40. The number of aryl methyl sites for hydroxylation is 1. The van der Waals surface area contributed by atoms with Crippen LogP contribution in [0.4, 0.5) is 4.79 Å². The summed E-state index contributed by atoms with van der Waals surface area (Å²) in [5, 5.41) is 27.3. The molecule has 29 heavy (non-hydrogen) atoms. The van der Waals surface area contributed by atoms with Crippen LogP contribution in [0.1, 0.15) is 36.8 Å². The van der Waals surface area contributed by atoms with Crippen molar-refractivity contribution in [1.82, 2.24) is 10.6 Å². The third kappa shape index (κ3) is 5.10. The number of hydrogen-bond donors (Lipinski definition) is 4. The van der Waals surface area contributed by atoms with Gasteiger partial charge in [-0.1, -0.05) is 53.6 Å². The highest BCUT2D eigenvalue weighted by Gasteiger charge is 2.40. The van der Waals surface area contributed by atoms with Crippen molar-refractivity contribution in [3.63, 3.8) is 0 Å². The first-order valence-electron chi connectivity index (χ1n) is 10.2.